The number of ether oxygens (including phenoxy) is 3. The fourth-order valence-corrected chi connectivity index (χ4v) is 7.04. The van der Waals surface area contributed by atoms with Crippen molar-refractivity contribution < 1.29 is 37.7 Å². The van der Waals surface area contributed by atoms with E-state index in [9.17, 15) is 14.5 Å². The molecule has 4 rings (SSSR count). The highest BCUT2D eigenvalue weighted by Gasteiger charge is 2.59. The molecule has 0 aliphatic carbocycles. The van der Waals surface area contributed by atoms with Crippen LogP contribution in [0.25, 0.3) is 11.2 Å². The number of para-hydroxylation sites is 1. The molecule has 1 saturated heterocycles. The average molecular weight is 691 g/mol. The third-order valence-electron chi connectivity index (χ3n) is 7.90. The predicted octanol–water partition coefficient (Wildman–Crippen LogP) is 4.32. The fourth-order valence-electron chi connectivity index (χ4n) is 5.53. The van der Waals surface area contributed by atoms with E-state index in [2.05, 4.69) is 43.9 Å². The monoisotopic (exact) mass is 690 g/mol. The van der Waals surface area contributed by atoms with Crippen molar-refractivity contribution in [3.63, 3.8) is 0 Å². The highest BCUT2D eigenvalue weighted by atomic mass is 31.2. The minimum atomic E-state index is -4.31. The number of fused-ring (bicyclic) bond motifs is 1. The Morgan fingerprint density at radius 1 is 1.25 bits per heavy atom. The molecular weight excluding hydrogens is 645 g/mol. The van der Waals surface area contributed by atoms with E-state index in [1.807, 2.05) is 0 Å². The van der Waals surface area contributed by atoms with Crippen LogP contribution in [0, 0.1) is 11.4 Å². The molecule has 3 heterocycles. The summed E-state index contributed by atoms with van der Waals surface area (Å²) in [6.45, 7) is 9.03. The van der Waals surface area contributed by atoms with Crippen LogP contribution < -0.4 is 25.0 Å². The number of esters is 1. The van der Waals surface area contributed by atoms with E-state index in [0.29, 0.717) is 6.61 Å². The smallest absolute Gasteiger partial charge is 0.459 e. The van der Waals surface area contributed by atoms with Gasteiger partial charge in [0.05, 0.1) is 26.1 Å². The van der Waals surface area contributed by atoms with Crippen molar-refractivity contribution in [3.8, 4) is 11.6 Å². The first-order valence-corrected chi connectivity index (χ1v) is 17.5. The first-order valence-electron chi connectivity index (χ1n) is 16.0. The van der Waals surface area contributed by atoms with E-state index in [1.54, 1.807) is 37.3 Å². The quantitative estimate of drug-likeness (QED) is 0.0631. The Morgan fingerprint density at radius 2 is 1.96 bits per heavy atom. The molecule has 48 heavy (non-hydrogen) atoms. The molecule has 1 aliphatic heterocycles. The fraction of sp³-hybridized carbons (Fsp3) is 0.600. The van der Waals surface area contributed by atoms with Crippen molar-refractivity contribution in [3.05, 3.63) is 36.7 Å². The van der Waals surface area contributed by atoms with Gasteiger partial charge in [-0.25, -0.2) is 9.55 Å². The number of aromatic nitrogens is 4. The second-order valence-electron chi connectivity index (χ2n) is 11.7. The zero-order valence-electron chi connectivity index (χ0n) is 27.8. The summed E-state index contributed by atoms with van der Waals surface area (Å²) in [6.07, 6.45) is 1.45. The Kier molecular flexibility index (Phi) is 12.6. The van der Waals surface area contributed by atoms with Gasteiger partial charge in [0.2, 0.25) is 22.3 Å². The van der Waals surface area contributed by atoms with E-state index in [-0.39, 0.29) is 41.3 Å². The number of carbonyl (C=O) groups is 1. The number of aliphatic hydroxyl groups is 1. The number of aliphatic hydroxyl groups excluding tert-OH is 1. The second kappa shape index (κ2) is 16.4. The summed E-state index contributed by atoms with van der Waals surface area (Å²) >= 11 is 0. The Balaban J connectivity index is 1.56. The molecule has 18 heteroatoms. The lowest BCUT2D eigenvalue weighted by Crippen LogP contribution is -2.43. The number of hydrogen-bond donors (Lipinski definition) is 4. The van der Waals surface area contributed by atoms with Crippen molar-refractivity contribution in [2.45, 2.75) is 90.3 Å². The van der Waals surface area contributed by atoms with Crippen LogP contribution in [0.1, 0.15) is 66.5 Å². The van der Waals surface area contributed by atoms with Gasteiger partial charge < -0.3 is 29.6 Å². The molecule has 17 nitrogen and oxygen atoms in total. The van der Waals surface area contributed by atoms with Crippen molar-refractivity contribution in [2.75, 3.05) is 25.6 Å². The van der Waals surface area contributed by atoms with Gasteiger partial charge in [-0.3, -0.25) is 13.9 Å². The SMILES string of the molecule is CCCC(CCC)COC(=O)[C@H](C)NP(=O)(OC[C@H]1O[C@@H](n2cnc3c(OCC)nc(N)nc32)[C@](C)(N=[N+]=N)[C@@H]1O)Oc1ccccc1. The highest BCUT2D eigenvalue weighted by Crippen LogP contribution is 2.48. The second-order valence-corrected chi connectivity index (χ2v) is 13.4. The Labute approximate surface area is 278 Å². The zero-order valence-corrected chi connectivity index (χ0v) is 28.7. The normalized spacial score (nSPS) is 22.6. The van der Waals surface area contributed by atoms with Gasteiger partial charge in [-0.05, 0) is 51.7 Å². The number of imidazole rings is 1. The Bertz CT molecular complexity index is 1620. The van der Waals surface area contributed by atoms with Gasteiger partial charge in [-0.15, -0.1) is 0 Å². The van der Waals surface area contributed by atoms with Gasteiger partial charge in [0, 0.05) is 0 Å². The minimum Gasteiger partial charge on any atom is -0.476 e. The number of hydrogen-bond acceptors (Lipinski definition) is 14. The van der Waals surface area contributed by atoms with Crippen molar-refractivity contribution in [1.82, 2.24) is 29.5 Å². The van der Waals surface area contributed by atoms with Crippen LogP contribution >= 0.6 is 7.75 Å². The molecule has 1 aromatic carbocycles. The molecule has 1 fully saturated rings. The molecular formula is C30H45N9O8P+. The van der Waals surface area contributed by atoms with Crippen LogP contribution in [-0.2, 0) is 23.4 Å². The van der Waals surface area contributed by atoms with E-state index in [4.69, 9.17) is 34.5 Å². The maximum atomic E-state index is 14.2. The molecule has 2 aromatic heterocycles. The van der Waals surface area contributed by atoms with Gasteiger partial charge in [0.15, 0.2) is 17.4 Å². The summed E-state index contributed by atoms with van der Waals surface area (Å²) in [5.41, 5.74) is 12.3. The lowest BCUT2D eigenvalue weighted by molar-refractivity contribution is -0.146. The van der Waals surface area contributed by atoms with Crippen LogP contribution in [0.5, 0.6) is 11.6 Å². The summed E-state index contributed by atoms with van der Waals surface area (Å²) in [5.74, 6) is -0.104. The van der Waals surface area contributed by atoms with Crippen LogP contribution in [0.15, 0.2) is 41.8 Å². The molecule has 262 valence electrons. The zero-order chi connectivity index (χ0) is 34.9. The number of carbonyl (C=O) groups excluding carboxylic acids is 1. The number of nitrogens with one attached hydrogen (secondary N) is 2. The topological polar surface area (TPSA) is 232 Å². The van der Waals surface area contributed by atoms with Crippen molar-refractivity contribution in [2.24, 2.45) is 11.0 Å². The summed E-state index contributed by atoms with van der Waals surface area (Å²) in [7, 11) is -4.31. The number of nitrogens with two attached hydrogens (primary N) is 1. The maximum Gasteiger partial charge on any atom is 0.459 e. The lowest BCUT2D eigenvalue weighted by Gasteiger charge is -2.25. The van der Waals surface area contributed by atoms with Crippen LogP contribution in [0.3, 0.4) is 0 Å². The van der Waals surface area contributed by atoms with Gasteiger partial charge in [-0.2, -0.15) is 15.1 Å². The van der Waals surface area contributed by atoms with E-state index >= 15 is 0 Å². The molecule has 6 atom stereocenters. The van der Waals surface area contributed by atoms with E-state index in [1.165, 1.54) is 24.7 Å². The molecule has 1 aliphatic rings. The minimum absolute atomic E-state index is 0.0843. The average Bonchev–Trinajstić information content (AvgIpc) is 3.57. The lowest BCUT2D eigenvalue weighted by atomic mass is 9.93. The highest BCUT2D eigenvalue weighted by molar-refractivity contribution is 7.52. The van der Waals surface area contributed by atoms with E-state index in [0.717, 1.165) is 25.7 Å². The van der Waals surface area contributed by atoms with Crippen LogP contribution in [0.4, 0.5) is 5.95 Å². The molecule has 1 unspecified atom stereocenters. The standard InChI is InChI=1S/C30H45N9O8P/c1-6-12-20(13-7-2)16-44-27(41)19(4)36-48(42,47-21-14-10-9-11-15-21)45-17-22-24(40)30(5,37-38-32)28(46-22)39-18-33-23-25(39)34-29(31)35-26(23)43-8-3/h9-11,14-15,18-20,22,24,28,32,40H,6-8,12-13,16-17H2,1-5H3,(H,36,42)(H2,31,34,35)/q+1/t19-,22+,24+,28+,30+,48?/m0/s1. The van der Waals surface area contributed by atoms with Crippen LogP contribution in [0.2, 0.25) is 0 Å². The van der Waals surface area contributed by atoms with Gasteiger partial charge in [0.1, 0.15) is 34.6 Å². The number of anilines is 1. The third-order valence-corrected chi connectivity index (χ3v) is 9.54. The van der Waals surface area contributed by atoms with E-state index < -0.39 is 50.3 Å². The predicted molar refractivity (Wildman–Crippen MR) is 174 cm³/mol. The molecule has 0 saturated carbocycles. The number of benzene rings is 1. The summed E-state index contributed by atoms with van der Waals surface area (Å²) in [4.78, 5) is 28.9. The molecule has 0 radical (unpaired) electrons. The molecule has 0 bridgehead atoms. The van der Waals surface area contributed by atoms with Crippen molar-refractivity contribution >= 4 is 30.8 Å². The summed E-state index contributed by atoms with van der Waals surface area (Å²) in [6, 6.07) is 7.22. The first-order chi connectivity index (χ1) is 23.0. The molecule has 0 spiro atoms. The Hall–Kier alpha value is -3.98. The first kappa shape index (κ1) is 36.8. The largest absolute Gasteiger partial charge is 0.476 e. The summed E-state index contributed by atoms with van der Waals surface area (Å²) < 4.78 is 44.6. The van der Waals surface area contributed by atoms with Gasteiger partial charge >= 0.3 is 13.7 Å². The van der Waals surface area contributed by atoms with Crippen LogP contribution in [-0.4, -0.2) is 74.2 Å². The number of nitrogens with zero attached hydrogens (tertiary/aromatic N) is 6. The van der Waals surface area contributed by atoms with Gasteiger partial charge in [-0.1, -0.05) is 44.9 Å². The van der Waals surface area contributed by atoms with Gasteiger partial charge in [0.25, 0.3) is 0 Å². The number of nitrogen functional groups attached to an aromatic ring is 1. The third kappa shape index (κ3) is 8.53. The number of rotatable bonds is 18. The van der Waals surface area contributed by atoms with Crippen molar-refractivity contribution in [1.29, 1.82) is 5.53 Å². The summed E-state index contributed by atoms with van der Waals surface area (Å²) in [5, 5.41) is 18.1. The Morgan fingerprint density at radius 3 is 2.60 bits per heavy atom. The maximum absolute atomic E-state index is 14.2. The molecule has 0 amide bonds. The molecule has 3 aromatic rings. The molecule has 5 N–H and O–H groups in total.